The summed E-state index contributed by atoms with van der Waals surface area (Å²) in [5.74, 6) is -0.578. The van der Waals surface area contributed by atoms with Crippen LogP contribution in [0, 0.1) is 11.7 Å². The van der Waals surface area contributed by atoms with E-state index < -0.39 is 5.82 Å². The lowest BCUT2D eigenvalue weighted by Crippen LogP contribution is -2.33. The number of pyridine rings is 2. The van der Waals surface area contributed by atoms with Crippen molar-refractivity contribution in [2.45, 2.75) is 25.8 Å². The summed E-state index contributed by atoms with van der Waals surface area (Å²) in [6.45, 7) is 0.176. The van der Waals surface area contributed by atoms with Gasteiger partial charge in [0.15, 0.2) is 0 Å². The van der Waals surface area contributed by atoms with E-state index in [1.54, 1.807) is 29.8 Å². The average Bonchev–Trinajstić information content (AvgIpc) is 3.11. The van der Waals surface area contributed by atoms with Gasteiger partial charge in [0.2, 0.25) is 5.91 Å². The van der Waals surface area contributed by atoms with Gasteiger partial charge >= 0.3 is 0 Å². The molecule has 0 aliphatic heterocycles. The van der Waals surface area contributed by atoms with Gasteiger partial charge in [-0.3, -0.25) is 14.8 Å². The van der Waals surface area contributed by atoms with Crippen molar-refractivity contribution >= 4 is 17.2 Å². The van der Waals surface area contributed by atoms with Crippen LogP contribution in [-0.2, 0) is 24.2 Å². The number of nitrogens with zero attached hydrogens (tertiary/aromatic N) is 3. The Morgan fingerprint density at radius 3 is 2.85 bits per heavy atom. The topological polar surface area (TPSA) is 67.8 Å². The predicted octanol–water partition coefficient (Wildman–Crippen LogP) is 3.16. The van der Waals surface area contributed by atoms with Gasteiger partial charge in [-0.15, -0.1) is 11.3 Å². The van der Waals surface area contributed by atoms with Crippen LogP contribution in [0.5, 0.6) is 0 Å². The molecule has 0 radical (unpaired) electrons. The summed E-state index contributed by atoms with van der Waals surface area (Å²) in [6.07, 6.45) is 8.45. The lowest BCUT2D eigenvalue weighted by molar-refractivity contribution is -0.125. The lowest BCUT2D eigenvalue weighted by Gasteiger charge is -2.20. The van der Waals surface area contributed by atoms with Gasteiger partial charge in [-0.05, 0) is 31.0 Å². The predicted molar refractivity (Wildman–Crippen MR) is 96.9 cm³/mol. The quantitative estimate of drug-likeness (QED) is 0.768. The number of rotatable bonds is 4. The summed E-state index contributed by atoms with van der Waals surface area (Å²) < 4.78 is 13.6. The lowest BCUT2D eigenvalue weighted by atomic mass is 9.90. The maximum atomic E-state index is 13.6. The zero-order valence-electron chi connectivity index (χ0n) is 14.0. The highest BCUT2D eigenvalue weighted by Crippen LogP contribution is 2.34. The number of carbonyl (C=O) groups excluding carboxylic acids is 1. The molecule has 1 aliphatic rings. The standard InChI is InChI=1S/C19H17FN4OS/c20-15-11-22-8-5-14(15)10-23-18(25)13-1-2-17-16(9-13)24-19(26-17)12-3-6-21-7-4-12/h3-8,11,13H,1-2,9-10H2,(H,23,25). The number of thiazole rings is 1. The summed E-state index contributed by atoms with van der Waals surface area (Å²) in [6, 6.07) is 5.46. The molecule has 3 aromatic rings. The van der Waals surface area contributed by atoms with Crippen LogP contribution in [-0.4, -0.2) is 20.9 Å². The molecule has 0 saturated carbocycles. The molecule has 1 N–H and O–H groups in total. The van der Waals surface area contributed by atoms with Gasteiger partial charge in [-0.25, -0.2) is 9.37 Å². The first kappa shape index (κ1) is 16.8. The number of hydrogen-bond acceptors (Lipinski definition) is 5. The maximum Gasteiger partial charge on any atom is 0.223 e. The Morgan fingerprint density at radius 1 is 1.23 bits per heavy atom. The van der Waals surface area contributed by atoms with E-state index in [1.165, 1.54) is 11.1 Å². The normalized spacial score (nSPS) is 16.1. The van der Waals surface area contributed by atoms with Crippen molar-refractivity contribution in [2.75, 3.05) is 0 Å². The van der Waals surface area contributed by atoms with Crippen LogP contribution in [0.3, 0.4) is 0 Å². The van der Waals surface area contributed by atoms with Gasteiger partial charge in [-0.1, -0.05) is 0 Å². The third kappa shape index (κ3) is 3.48. The fourth-order valence-electron chi connectivity index (χ4n) is 3.09. The Bertz CT molecular complexity index is 928. The molecule has 3 aromatic heterocycles. The Labute approximate surface area is 154 Å². The molecule has 1 amide bonds. The van der Waals surface area contributed by atoms with E-state index in [0.29, 0.717) is 12.0 Å². The molecule has 132 valence electrons. The molecule has 1 aliphatic carbocycles. The minimum Gasteiger partial charge on any atom is -0.352 e. The molecular weight excluding hydrogens is 351 g/mol. The molecule has 0 saturated heterocycles. The molecule has 0 aromatic carbocycles. The van der Waals surface area contributed by atoms with Crippen LogP contribution in [0.1, 0.15) is 22.6 Å². The van der Waals surface area contributed by atoms with Crippen LogP contribution in [0.2, 0.25) is 0 Å². The van der Waals surface area contributed by atoms with Crippen molar-refractivity contribution in [3.63, 3.8) is 0 Å². The largest absolute Gasteiger partial charge is 0.352 e. The zero-order chi connectivity index (χ0) is 17.9. The van der Waals surface area contributed by atoms with E-state index in [9.17, 15) is 9.18 Å². The Kier molecular flexibility index (Phi) is 4.71. The fraction of sp³-hybridized carbons (Fsp3) is 0.263. The summed E-state index contributed by atoms with van der Waals surface area (Å²) in [5.41, 5.74) is 2.50. The van der Waals surface area contributed by atoms with Gasteiger partial charge in [0.05, 0.1) is 11.9 Å². The smallest absolute Gasteiger partial charge is 0.223 e. The van der Waals surface area contributed by atoms with Gasteiger partial charge < -0.3 is 5.32 Å². The average molecular weight is 368 g/mol. The van der Waals surface area contributed by atoms with E-state index in [2.05, 4.69) is 15.3 Å². The molecule has 0 bridgehead atoms. The molecule has 4 rings (SSSR count). The van der Waals surface area contributed by atoms with Crippen LogP contribution < -0.4 is 5.32 Å². The van der Waals surface area contributed by atoms with E-state index in [0.717, 1.165) is 35.3 Å². The van der Waals surface area contributed by atoms with E-state index in [-0.39, 0.29) is 18.4 Å². The van der Waals surface area contributed by atoms with Crippen LogP contribution in [0.4, 0.5) is 4.39 Å². The summed E-state index contributed by atoms with van der Waals surface area (Å²) >= 11 is 1.69. The fourth-order valence-corrected chi connectivity index (χ4v) is 4.20. The number of aromatic nitrogens is 3. The summed E-state index contributed by atoms with van der Waals surface area (Å²) in [5, 5.41) is 3.81. The highest BCUT2D eigenvalue weighted by atomic mass is 32.1. The number of hydrogen-bond donors (Lipinski definition) is 1. The molecule has 0 fully saturated rings. The number of nitrogens with one attached hydrogen (secondary N) is 1. The first-order valence-corrected chi connectivity index (χ1v) is 9.27. The van der Waals surface area contributed by atoms with Crippen LogP contribution in [0.25, 0.3) is 10.6 Å². The monoisotopic (exact) mass is 368 g/mol. The highest BCUT2D eigenvalue weighted by Gasteiger charge is 2.27. The summed E-state index contributed by atoms with van der Waals surface area (Å²) in [7, 11) is 0. The Morgan fingerprint density at radius 2 is 2.04 bits per heavy atom. The van der Waals surface area contributed by atoms with E-state index in [4.69, 9.17) is 4.98 Å². The van der Waals surface area contributed by atoms with Crippen molar-refractivity contribution in [3.8, 4) is 10.6 Å². The van der Waals surface area contributed by atoms with Crippen molar-refractivity contribution in [1.82, 2.24) is 20.3 Å². The Balaban J connectivity index is 1.42. The molecule has 3 heterocycles. The maximum absolute atomic E-state index is 13.6. The molecule has 7 heteroatoms. The Hall–Kier alpha value is -2.67. The second-order valence-electron chi connectivity index (χ2n) is 6.25. The first-order chi connectivity index (χ1) is 12.7. The number of carbonyl (C=O) groups is 1. The molecule has 1 unspecified atom stereocenters. The second-order valence-corrected chi connectivity index (χ2v) is 7.33. The van der Waals surface area contributed by atoms with Crippen LogP contribution in [0.15, 0.2) is 43.0 Å². The molecule has 5 nitrogen and oxygen atoms in total. The number of aryl methyl sites for hydroxylation is 1. The summed E-state index contributed by atoms with van der Waals surface area (Å²) in [4.78, 5) is 26.2. The van der Waals surface area contributed by atoms with Crippen molar-refractivity contribution < 1.29 is 9.18 Å². The minimum absolute atomic E-state index is 0.0506. The van der Waals surface area contributed by atoms with Gasteiger partial charge in [-0.2, -0.15) is 0 Å². The van der Waals surface area contributed by atoms with Crippen LogP contribution >= 0.6 is 11.3 Å². The third-order valence-electron chi connectivity index (χ3n) is 4.55. The van der Waals surface area contributed by atoms with Crippen molar-refractivity contribution in [2.24, 2.45) is 5.92 Å². The second kappa shape index (κ2) is 7.29. The van der Waals surface area contributed by atoms with Gasteiger partial charge in [0.25, 0.3) is 0 Å². The highest BCUT2D eigenvalue weighted by molar-refractivity contribution is 7.15. The number of amides is 1. The van der Waals surface area contributed by atoms with E-state index >= 15 is 0 Å². The SMILES string of the molecule is O=C(NCc1ccncc1F)C1CCc2sc(-c3ccncc3)nc2C1. The zero-order valence-corrected chi connectivity index (χ0v) is 14.8. The minimum atomic E-state index is -0.403. The number of fused-ring (bicyclic) bond motifs is 1. The molecule has 0 spiro atoms. The van der Waals surface area contributed by atoms with Crippen molar-refractivity contribution in [3.05, 3.63) is 64.9 Å². The van der Waals surface area contributed by atoms with Gasteiger partial charge in [0, 0.05) is 53.5 Å². The van der Waals surface area contributed by atoms with Crippen molar-refractivity contribution in [1.29, 1.82) is 0 Å². The van der Waals surface area contributed by atoms with Gasteiger partial charge in [0.1, 0.15) is 10.8 Å². The first-order valence-electron chi connectivity index (χ1n) is 8.46. The van der Waals surface area contributed by atoms with E-state index in [1.807, 2.05) is 12.1 Å². The molecule has 1 atom stereocenters. The molecule has 26 heavy (non-hydrogen) atoms. The third-order valence-corrected chi connectivity index (χ3v) is 5.75. The molecular formula is C19H17FN4OS. The number of halogens is 1.